The van der Waals surface area contributed by atoms with Crippen molar-refractivity contribution in [1.29, 1.82) is 0 Å². The first-order valence-electron chi connectivity index (χ1n) is 4.84. The number of nitrogens with one attached hydrogen (secondary N) is 1. The molecule has 80 valence electrons. The fourth-order valence-electron chi connectivity index (χ4n) is 1.54. The molecule has 0 aliphatic carbocycles. The first kappa shape index (κ1) is 9.98. The maximum Gasteiger partial charge on any atom is 0.251 e. The van der Waals surface area contributed by atoms with E-state index in [9.17, 15) is 4.79 Å². The normalized spacial score (nSPS) is 13.5. The van der Waals surface area contributed by atoms with E-state index in [0.717, 1.165) is 16.9 Å². The van der Waals surface area contributed by atoms with Crippen LogP contribution in [0, 0.1) is 0 Å². The van der Waals surface area contributed by atoms with Gasteiger partial charge < -0.3 is 14.8 Å². The van der Waals surface area contributed by atoms with Crippen LogP contribution in [0.25, 0.3) is 0 Å². The molecule has 1 aromatic carbocycles. The van der Waals surface area contributed by atoms with E-state index in [2.05, 4.69) is 5.32 Å². The Balaban J connectivity index is 2.06. The molecule has 15 heavy (non-hydrogen) atoms. The second kappa shape index (κ2) is 4.31. The lowest BCUT2D eigenvalue weighted by atomic mass is 10.1. The van der Waals surface area contributed by atoms with Gasteiger partial charge in [0.2, 0.25) is 0 Å². The minimum Gasteiger partial charge on any atom is -0.491 e. The quantitative estimate of drug-likeness (QED) is 0.748. The van der Waals surface area contributed by atoms with Crippen LogP contribution in [0.15, 0.2) is 18.2 Å². The molecule has 1 aromatic rings. The van der Waals surface area contributed by atoms with Crippen LogP contribution in [-0.2, 0) is 11.3 Å². The lowest BCUT2D eigenvalue weighted by Gasteiger charge is -2.06. The van der Waals surface area contributed by atoms with Crippen molar-refractivity contribution >= 4 is 5.91 Å². The van der Waals surface area contributed by atoms with Crippen molar-refractivity contribution in [3.05, 3.63) is 29.3 Å². The molecule has 0 fully saturated rings. The minimum absolute atomic E-state index is 0.00607. The van der Waals surface area contributed by atoms with E-state index >= 15 is 0 Å². The average Bonchev–Trinajstić information content (AvgIpc) is 2.61. The fourth-order valence-corrected chi connectivity index (χ4v) is 1.54. The third kappa shape index (κ3) is 2.10. The summed E-state index contributed by atoms with van der Waals surface area (Å²) in [5.74, 6) is 0.774. The Morgan fingerprint density at radius 1 is 1.40 bits per heavy atom. The van der Waals surface area contributed by atoms with Crippen LogP contribution in [0.2, 0.25) is 0 Å². The van der Waals surface area contributed by atoms with Crippen LogP contribution < -0.4 is 10.1 Å². The van der Waals surface area contributed by atoms with E-state index in [0.29, 0.717) is 19.8 Å². The molecule has 1 heterocycles. The molecule has 0 bridgehead atoms. The van der Waals surface area contributed by atoms with Gasteiger partial charge in [-0.15, -0.1) is 0 Å². The Kier molecular flexibility index (Phi) is 2.87. The minimum atomic E-state index is -0.00607. The zero-order valence-electron chi connectivity index (χ0n) is 8.58. The number of benzene rings is 1. The predicted octanol–water partition coefficient (Wildman–Crippen LogP) is 0.955. The molecule has 0 spiro atoms. The van der Waals surface area contributed by atoms with Crippen LogP contribution in [-0.4, -0.2) is 26.2 Å². The SMILES string of the molecule is COCCOc1ccc2c(c1)CNC2=O. The van der Waals surface area contributed by atoms with Crippen LogP contribution in [0.1, 0.15) is 15.9 Å². The lowest BCUT2D eigenvalue weighted by molar-refractivity contribution is 0.0966. The fraction of sp³-hybridized carbons (Fsp3) is 0.364. The molecule has 0 atom stereocenters. The van der Waals surface area contributed by atoms with Crippen molar-refractivity contribution in [2.75, 3.05) is 20.3 Å². The highest BCUT2D eigenvalue weighted by molar-refractivity contribution is 5.98. The van der Waals surface area contributed by atoms with Gasteiger partial charge in [-0.2, -0.15) is 0 Å². The Labute approximate surface area is 88.2 Å². The van der Waals surface area contributed by atoms with E-state index in [1.165, 1.54) is 0 Å². The molecule has 0 unspecified atom stereocenters. The van der Waals surface area contributed by atoms with Crippen LogP contribution in [0.4, 0.5) is 0 Å². The van der Waals surface area contributed by atoms with E-state index in [4.69, 9.17) is 9.47 Å². The molecule has 4 heteroatoms. The molecule has 1 aliphatic rings. The highest BCUT2D eigenvalue weighted by Gasteiger charge is 2.18. The number of rotatable bonds is 4. The number of methoxy groups -OCH3 is 1. The molecule has 1 amide bonds. The standard InChI is InChI=1S/C11H13NO3/c1-14-4-5-15-9-2-3-10-8(6-9)7-12-11(10)13/h2-3,6H,4-5,7H2,1H3,(H,12,13). The smallest absolute Gasteiger partial charge is 0.251 e. The summed E-state index contributed by atoms with van der Waals surface area (Å²) in [7, 11) is 1.63. The first-order valence-corrected chi connectivity index (χ1v) is 4.84. The van der Waals surface area contributed by atoms with E-state index < -0.39 is 0 Å². The van der Waals surface area contributed by atoms with Crippen molar-refractivity contribution < 1.29 is 14.3 Å². The number of hydrogen-bond donors (Lipinski definition) is 1. The van der Waals surface area contributed by atoms with E-state index in [1.54, 1.807) is 19.2 Å². The summed E-state index contributed by atoms with van der Waals surface area (Å²) in [6.45, 7) is 1.68. The van der Waals surface area contributed by atoms with Gasteiger partial charge in [0.1, 0.15) is 12.4 Å². The zero-order chi connectivity index (χ0) is 10.7. The van der Waals surface area contributed by atoms with Crippen molar-refractivity contribution in [2.45, 2.75) is 6.54 Å². The number of ether oxygens (including phenoxy) is 2. The molecule has 4 nitrogen and oxygen atoms in total. The maximum atomic E-state index is 11.3. The van der Waals surface area contributed by atoms with Gasteiger partial charge in [-0.05, 0) is 23.8 Å². The van der Waals surface area contributed by atoms with Gasteiger partial charge >= 0.3 is 0 Å². The third-order valence-corrected chi connectivity index (χ3v) is 2.32. The average molecular weight is 207 g/mol. The van der Waals surface area contributed by atoms with Gasteiger partial charge in [-0.25, -0.2) is 0 Å². The molecule has 0 saturated carbocycles. The second-order valence-electron chi connectivity index (χ2n) is 3.34. The summed E-state index contributed by atoms with van der Waals surface area (Å²) in [5, 5.41) is 2.76. The molecule has 0 radical (unpaired) electrons. The van der Waals surface area contributed by atoms with Crippen molar-refractivity contribution in [2.24, 2.45) is 0 Å². The summed E-state index contributed by atoms with van der Waals surface area (Å²) in [5.41, 5.74) is 1.74. The van der Waals surface area contributed by atoms with Crippen LogP contribution >= 0.6 is 0 Å². The lowest BCUT2D eigenvalue weighted by Crippen LogP contribution is -2.12. The monoisotopic (exact) mass is 207 g/mol. The highest BCUT2D eigenvalue weighted by Crippen LogP contribution is 2.21. The Bertz CT molecular complexity index is 376. The second-order valence-corrected chi connectivity index (χ2v) is 3.34. The van der Waals surface area contributed by atoms with Crippen molar-refractivity contribution in [3.8, 4) is 5.75 Å². The molecular formula is C11H13NO3. The van der Waals surface area contributed by atoms with Gasteiger partial charge in [0.25, 0.3) is 5.91 Å². The molecule has 2 rings (SSSR count). The number of fused-ring (bicyclic) bond motifs is 1. The number of hydrogen-bond acceptors (Lipinski definition) is 3. The molecule has 1 aliphatic heterocycles. The maximum absolute atomic E-state index is 11.3. The Hall–Kier alpha value is -1.55. The van der Waals surface area contributed by atoms with E-state index in [1.807, 2.05) is 6.07 Å². The van der Waals surface area contributed by atoms with Crippen LogP contribution in [0.5, 0.6) is 5.75 Å². The van der Waals surface area contributed by atoms with Gasteiger partial charge in [-0.3, -0.25) is 4.79 Å². The van der Waals surface area contributed by atoms with Crippen molar-refractivity contribution in [1.82, 2.24) is 5.32 Å². The summed E-state index contributed by atoms with van der Waals surface area (Å²) < 4.78 is 10.3. The molecule has 0 saturated heterocycles. The third-order valence-electron chi connectivity index (χ3n) is 2.32. The Morgan fingerprint density at radius 2 is 2.27 bits per heavy atom. The predicted molar refractivity (Wildman–Crippen MR) is 55.0 cm³/mol. The number of carbonyl (C=O) groups excluding carboxylic acids is 1. The summed E-state index contributed by atoms with van der Waals surface area (Å²) in [6.07, 6.45) is 0. The van der Waals surface area contributed by atoms with Crippen LogP contribution in [0.3, 0.4) is 0 Å². The first-order chi connectivity index (χ1) is 7.31. The summed E-state index contributed by atoms with van der Waals surface area (Å²) in [6, 6.07) is 5.49. The van der Waals surface area contributed by atoms with Gasteiger partial charge in [0.05, 0.1) is 6.61 Å². The molecular weight excluding hydrogens is 194 g/mol. The number of amides is 1. The van der Waals surface area contributed by atoms with Gasteiger partial charge in [-0.1, -0.05) is 0 Å². The van der Waals surface area contributed by atoms with E-state index in [-0.39, 0.29) is 5.91 Å². The van der Waals surface area contributed by atoms with Crippen molar-refractivity contribution in [3.63, 3.8) is 0 Å². The zero-order valence-corrected chi connectivity index (χ0v) is 8.58. The Morgan fingerprint density at radius 3 is 3.07 bits per heavy atom. The summed E-state index contributed by atoms with van der Waals surface area (Å²) >= 11 is 0. The van der Waals surface area contributed by atoms with Gasteiger partial charge in [0, 0.05) is 19.2 Å². The molecule has 1 N–H and O–H groups in total. The molecule has 0 aromatic heterocycles. The number of carbonyl (C=O) groups is 1. The largest absolute Gasteiger partial charge is 0.491 e. The topological polar surface area (TPSA) is 47.6 Å². The summed E-state index contributed by atoms with van der Waals surface area (Å²) in [4.78, 5) is 11.3. The highest BCUT2D eigenvalue weighted by atomic mass is 16.5. The van der Waals surface area contributed by atoms with Gasteiger partial charge in [0.15, 0.2) is 0 Å².